The van der Waals surface area contributed by atoms with E-state index in [2.05, 4.69) is 4.99 Å². The third kappa shape index (κ3) is 3.41. The lowest BCUT2D eigenvalue weighted by Crippen LogP contribution is -2.34. The maximum atomic E-state index is 11.2. The number of benzene rings is 3. The number of aliphatic imine (C=N–C) groups is 2. The standard InChI is InChI=1S/C25H24N2O5/c1-29-18-9-5-16(6-10-18)24-25(27-15-26-24,17-7-11-19(30-2)12-8-17)21-13-20(31-3)14-22(32-4)23(21)28/h5-15,28H,1-4H3. The van der Waals surface area contributed by atoms with Gasteiger partial charge in [-0.3, -0.25) is 4.99 Å². The van der Waals surface area contributed by atoms with E-state index in [1.54, 1.807) is 33.5 Å². The van der Waals surface area contributed by atoms with Crippen LogP contribution in [0.5, 0.6) is 28.7 Å². The molecular weight excluding hydrogens is 408 g/mol. The number of methoxy groups -OCH3 is 4. The SMILES string of the molecule is COc1ccc(C2=NC=NC2(c2ccc(OC)cc2)c2cc(OC)cc(OC)c2O)cc1. The maximum absolute atomic E-state index is 11.2. The molecule has 0 fully saturated rings. The van der Waals surface area contributed by atoms with E-state index >= 15 is 0 Å². The summed E-state index contributed by atoms with van der Waals surface area (Å²) in [5.74, 6) is 2.21. The molecule has 0 aliphatic carbocycles. The first-order chi connectivity index (χ1) is 15.6. The highest BCUT2D eigenvalue weighted by Gasteiger charge is 2.45. The third-order valence-corrected chi connectivity index (χ3v) is 5.55. The normalized spacial score (nSPS) is 17.1. The lowest BCUT2D eigenvalue weighted by Gasteiger charge is -2.31. The Balaban J connectivity index is 2.00. The average molecular weight is 432 g/mol. The van der Waals surface area contributed by atoms with Crippen molar-refractivity contribution in [3.8, 4) is 28.7 Å². The molecule has 1 aliphatic heterocycles. The molecule has 0 saturated carbocycles. The van der Waals surface area contributed by atoms with Crippen LogP contribution in [0.1, 0.15) is 16.7 Å². The Kier molecular flexibility index (Phi) is 5.73. The Morgan fingerprint density at radius 3 is 1.88 bits per heavy atom. The molecular formula is C25H24N2O5. The summed E-state index contributed by atoms with van der Waals surface area (Å²) in [5, 5.41) is 11.2. The molecule has 0 spiro atoms. The van der Waals surface area contributed by atoms with Gasteiger partial charge in [0.2, 0.25) is 0 Å². The van der Waals surface area contributed by atoms with Gasteiger partial charge in [0.15, 0.2) is 17.0 Å². The second-order valence-electron chi connectivity index (χ2n) is 7.12. The van der Waals surface area contributed by atoms with Gasteiger partial charge in [0, 0.05) is 11.6 Å². The fourth-order valence-corrected chi connectivity index (χ4v) is 3.89. The van der Waals surface area contributed by atoms with Crippen LogP contribution in [0.25, 0.3) is 0 Å². The number of aromatic hydroxyl groups is 1. The van der Waals surface area contributed by atoms with Crippen molar-refractivity contribution in [2.75, 3.05) is 28.4 Å². The van der Waals surface area contributed by atoms with Crippen molar-refractivity contribution in [3.05, 3.63) is 77.4 Å². The Morgan fingerprint density at radius 2 is 1.31 bits per heavy atom. The highest BCUT2D eigenvalue weighted by molar-refractivity contribution is 6.16. The molecule has 1 heterocycles. The zero-order chi connectivity index (χ0) is 22.7. The van der Waals surface area contributed by atoms with Crippen molar-refractivity contribution in [2.24, 2.45) is 9.98 Å². The van der Waals surface area contributed by atoms with E-state index in [0.29, 0.717) is 22.8 Å². The van der Waals surface area contributed by atoms with Gasteiger partial charge in [0.05, 0.1) is 34.2 Å². The molecule has 7 heteroatoms. The maximum Gasteiger partial charge on any atom is 0.164 e. The van der Waals surface area contributed by atoms with Crippen molar-refractivity contribution >= 4 is 12.1 Å². The molecule has 0 bridgehead atoms. The van der Waals surface area contributed by atoms with Crippen LogP contribution >= 0.6 is 0 Å². The van der Waals surface area contributed by atoms with Gasteiger partial charge in [-0.2, -0.15) is 0 Å². The summed E-state index contributed by atoms with van der Waals surface area (Å²) in [4.78, 5) is 9.43. The second kappa shape index (κ2) is 8.63. The number of phenols is 1. The molecule has 0 amide bonds. The zero-order valence-electron chi connectivity index (χ0n) is 18.3. The summed E-state index contributed by atoms with van der Waals surface area (Å²) in [7, 11) is 6.29. The quantitative estimate of drug-likeness (QED) is 0.605. The summed E-state index contributed by atoms with van der Waals surface area (Å²) in [6, 6.07) is 18.5. The van der Waals surface area contributed by atoms with Gasteiger partial charge in [-0.1, -0.05) is 12.1 Å². The summed E-state index contributed by atoms with van der Waals surface area (Å²) in [6.45, 7) is 0. The molecule has 0 saturated heterocycles. The van der Waals surface area contributed by atoms with E-state index in [4.69, 9.17) is 23.9 Å². The fraction of sp³-hybridized carbons (Fsp3) is 0.200. The van der Waals surface area contributed by atoms with Gasteiger partial charge in [-0.25, -0.2) is 4.99 Å². The fourth-order valence-electron chi connectivity index (χ4n) is 3.89. The molecule has 1 aliphatic rings. The van der Waals surface area contributed by atoms with Gasteiger partial charge in [0.25, 0.3) is 0 Å². The van der Waals surface area contributed by atoms with Crippen molar-refractivity contribution < 1.29 is 24.1 Å². The van der Waals surface area contributed by atoms with E-state index in [9.17, 15) is 5.11 Å². The van der Waals surface area contributed by atoms with Crippen molar-refractivity contribution in [2.45, 2.75) is 5.54 Å². The van der Waals surface area contributed by atoms with Crippen LogP contribution in [-0.4, -0.2) is 45.6 Å². The number of hydrogen-bond donors (Lipinski definition) is 1. The molecule has 164 valence electrons. The minimum Gasteiger partial charge on any atom is -0.504 e. The van der Waals surface area contributed by atoms with Gasteiger partial charge in [0.1, 0.15) is 23.6 Å². The molecule has 0 aromatic heterocycles. The lowest BCUT2D eigenvalue weighted by molar-refractivity contribution is 0.358. The molecule has 1 unspecified atom stereocenters. The molecule has 1 N–H and O–H groups in total. The summed E-state index contributed by atoms with van der Waals surface area (Å²) in [5.41, 5.74) is 1.64. The summed E-state index contributed by atoms with van der Waals surface area (Å²) >= 11 is 0. The molecule has 7 nitrogen and oxygen atoms in total. The molecule has 4 rings (SSSR count). The smallest absolute Gasteiger partial charge is 0.164 e. The lowest BCUT2D eigenvalue weighted by atomic mass is 9.76. The highest BCUT2D eigenvalue weighted by atomic mass is 16.5. The Morgan fingerprint density at radius 1 is 0.719 bits per heavy atom. The zero-order valence-corrected chi connectivity index (χ0v) is 18.3. The number of rotatable bonds is 7. The van der Waals surface area contributed by atoms with Gasteiger partial charge < -0.3 is 24.1 Å². The van der Waals surface area contributed by atoms with Gasteiger partial charge in [-0.15, -0.1) is 0 Å². The first-order valence-corrected chi connectivity index (χ1v) is 9.93. The molecule has 1 atom stereocenters. The third-order valence-electron chi connectivity index (χ3n) is 5.55. The highest BCUT2D eigenvalue weighted by Crippen LogP contribution is 2.48. The predicted molar refractivity (Wildman–Crippen MR) is 123 cm³/mol. The number of hydrogen-bond acceptors (Lipinski definition) is 7. The van der Waals surface area contributed by atoms with E-state index in [-0.39, 0.29) is 11.5 Å². The first-order valence-electron chi connectivity index (χ1n) is 9.93. The first kappa shape index (κ1) is 21.2. The second-order valence-corrected chi connectivity index (χ2v) is 7.12. The van der Waals surface area contributed by atoms with Crippen LogP contribution in [0.4, 0.5) is 0 Å². The molecule has 3 aromatic rings. The minimum atomic E-state index is -1.13. The monoisotopic (exact) mass is 432 g/mol. The van der Waals surface area contributed by atoms with Crippen LogP contribution < -0.4 is 18.9 Å². The van der Waals surface area contributed by atoms with E-state index in [1.807, 2.05) is 48.5 Å². The van der Waals surface area contributed by atoms with Crippen molar-refractivity contribution in [1.82, 2.24) is 0 Å². The summed E-state index contributed by atoms with van der Waals surface area (Å²) in [6.07, 6.45) is 1.51. The molecule has 0 radical (unpaired) electrons. The molecule has 32 heavy (non-hydrogen) atoms. The van der Waals surface area contributed by atoms with Gasteiger partial charge in [-0.05, 0) is 53.6 Å². The van der Waals surface area contributed by atoms with Crippen LogP contribution in [0, 0.1) is 0 Å². The number of phenolic OH excluding ortho intramolecular Hbond substituents is 1. The largest absolute Gasteiger partial charge is 0.504 e. The van der Waals surface area contributed by atoms with Crippen molar-refractivity contribution in [1.29, 1.82) is 0 Å². The summed E-state index contributed by atoms with van der Waals surface area (Å²) < 4.78 is 21.5. The van der Waals surface area contributed by atoms with E-state index < -0.39 is 5.54 Å². The topological polar surface area (TPSA) is 81.9 Å². The average Bonchev–Trinajstić information content (AvgIpc) is 3.30. The predicted octanol–water partition coefficient (Wildman–Crippen LogP) is 4.20. The minimum absolute atomic E-state index is 0.0376. The van der Waals surface area contributed by atoms with E-state index in [1.165, 1.54) is 13.4 Å². The number of ether oxygens (including phenoxy) is 4. The molecule has 3 aromatic carbocycles. The van der Waals surface area contributed by atoms with Crippen LogP contribution in [-0.2, 0) is 5.54 Å². The van der Waals surface area contributed by atoms with E-state index in [0.717, 1.165) is 16.9 Å². The van der Waals surface area contributed by atoms with Crippen LogP contribution in [0.15, 0.2) is 70.6 Å². The number of nitrogens with zero attached hydrogens (tertiary/aromatic N) is 2. The van der Waals surface area contributed by atoms with Gasteiger partial charge >= 0.3 is 0 Å². The Bertz CT molecular complexity index is 1170. The van der Waals surface area contributed by atoms with Crippen LogP contribution in [0.3, 0.4) is 0 Å². The Hall–Kier alpha value is -4.00. The Labute approximate surface area is 186 Å². The van der Waals surface area contributed by atoms with Crippen molar-refractivity contribution in [3.63, 3.8) is 0 Å². The van der Waals surface area contributed by atoms with Crippen LogP contribution in [0.2, 0.25) is 0 Å².